The molecule has 3 heteroatoms. The quantitative estimate of drug-likeness (QED) is 0.849. The molecule has 0 radical (unpaired) electrons. The minimum Gasteiger partial charge on any atom is -0.497 e. The third kappa shape index (κ3) is 3.71. The molecule has 104 valence electrons. The van der Waals surface area contributed by atoms with Gasteiger partial charge >= 0.3 is 0 Å². The third-order valence-electron chi connectivity index (χ3n) is 4.18. The zero-order chi connectivity index (χ0) is 13.1. The second-order valence-electron chi connectivity index (χ2n) is 5.92. The molecule has 1 aromatic rings. The number of nitrogens with zero attached hydrogens (tertiary/aromatic N) is 1. The molecule has 1 N–H and O–H groups in total. The first-order valence-electron chi connectivity index (χ1n) is 7.42. The van der Waals surface area contributed by atoms with Crippen molar-refractivity contribution in [3.05, 3.63) is 29.8 Å². The van der Waals surface area contributed by atoms with Crippen LogP contribution in [-0.2, 0) is 6.54 Å². The fourth-order valence-corrected chi connectivity index (χ4v) is 2.87. The molecule has 2 fully saturated rings. The maximum Gasteiger partial charge on any atom is 0.119 e. The Morgan fingerprint density at radius 1 is 1.32 bits per heavy atom. The predicted octanol–water partition coefficient (Wildman–Crippen LogP) is 2.27. The Morgan fingerprint density at radius 3 is 3.00 bits per heavy atom. The summed E-state index contributed by atoms with van der Waals surface area (Å²) in [5, 5.41) is 3.65. The van der Waals surface area contributed by atoms with Crippen molar-refractivity contribution < 1.29 is 4.74 Å². The van der Waals surface area contributed by atoms with E-state index in [-0.39, 0.29) is 0 Å². The van der Waals surface area contributed by atoms with Gasteiger partial charge in [-0.3, -0.25) is 4.90 Å². The fraction of sp³-hybridized carbons (Fsp3) is 0.625. The average Bonchev–Trinajstić information content (AvgIpc) is 3.17. The molecule has 19 heavy (non-hydrogen) atoms. The van der Waals surface area contributed by atoms with Gasteiger partial charge in [-0.25, -0.2) is 0 Å². The Morgan fingerprint density at radius 2 is 2.21 bits per heavy atom. The number of benzene rings is 1. The summed E-state index contributed by atoms with van der Waals surface area (Å²) in [4.78, 5) is 2.56. The van der Waals surface area contributed by atoms with E-state index in [4.69, 9.17) is 4.74 Å². The molecule has 0 amide bonds. The molecule has 1 atom stereocenters. The molecule has 1 heterocycles. The summed E-state index contributed by atoms with van der Waals surface area (Å²) in [6, 6.07) is 9.27. The molecular formula is C16H24N2O. The van der Waals surface area contributed by atoms with Crippen molar-refractivity contribution in [2.45, 2.75) is 31.8 Å². The van der Waals surface area contributed by atoms with Gasteiger partial charge in [-0.1, -0.05) is 12.1 Å². The van der Waals surface area contributed by atoms with Crippen LogP contribution < -0.4 is 10.1 Å². The van der Waals surface area contributed by atoms with Gasteiger partial charge in [0.05, 0.1) is 7.11 Å². The van der Waals surface area contributed by atoms with Crippen LogP contribution in [0.2, 0.25) is 0 Å². The molecule has 1 saturated heterocycles. The second kappa shape index (κ2) is 5.93. The van der Waals surface area contributed by atoms with Gasteiger partial charge in [0, 0.05) is 19.1 Å². The third-order valence-corrected chi connectivity index (χ3v) is 4.18. The number of rotatable bonds is 6. The summed E-state index contributed by atoms with van der Waals surface area (Å²) in [6.45, 7) is 4.72. The molecule has 0 aromatic heterocycles. The number of ether oxygens (including phenoxy) is 1. The summed E-state index contributed by atoms with van der Waals surface area (Å²) >= 11 is 0. The first kappa shape index (κ1) is 12.9. The van der Waals surface area contributed by atoms with Gasteiger partial charge < -0.3 is 10.1 Å². The summed E-state index contributed by atoms with van der Waals surface area (Å²) in [5.74, 6) is 1.80. The lowest BCUT2D eigenvalue weighted by Crippen LogP contribution is -2.27. The summed E-state index contributed by atoms with van der Waals surface area (Å²) in [6.07, 6.45) is 4.12. The van der Waals surface area contributed by atoms with Crippen molar-refractivity contribution in [1.29, 1.82) is 0 Å². The first-order chi connectivity index (χ1) is 9.33. The molecule has 3 nitrogen and oxygen atoms in total. The average molecular weight is 260 g/mol. The van der Waals surface area contributed by atoms with E-state index < -0.39 is 0 Å². The zero-order valence-corrected chi connectivity index (χ0v) is 11.8. The highest BCUT2D eigenvalue weighted by atomic mass is 16.5. The van der Waals surface area contributed by atoms with Crippen LogP contribution in [0.4, 0.5) is 0 Å². The van der Waals surface area contributed by atoms with Crippen molar-refractivity contribution in [1.82, 2.24) is 10.2 Å². The maximum atomic E-state index is 5.28. The van der Waals surface area contributed by atoms with Gasteiger partial charge in [0.15, 0.2) is 0 Å². The van der Waals surface area contributed by atoms with Crippen LogP contribution in [0, 0.1) is 5.92 Å². The van der Waals surface area contributed by atoms with E-state index in [9.17, 15) is 0 Å². The molecule has 1 aliphatic heterocycles. The van der Waals surface area contributed by atoms with E-state index in [1.54, 1.807) is 7.11 Å². The van der Waals surface area contributed by atoms with Crippen molar-refractivity contribution in [2.24, 2.45) is 5.92 Å². The lowest BCUT2D eigenvalue weighted by Gasteiger charge is -2.16. The Bertz CT molecular complexity index is 417. The van der Waals surface area contributed by atoms with Gasteiger partial charge in [-0.05, 0) is 56.0 Å². The van der Waals surface area contributed by atoms with Crippen molar-refractivity contribution >= 4 is 0 Å². The molecule has 1 unspecified atom stereocenters. The van der Waals surface area contributed by atoms with Crippen LogP contribution in [0.1, 0.15) is 24.8 Å². The van der Waals surface area contributed by atoms with Crippen LogP contribution in [0.3, 0.4) is 0 Å². The topological polar surface area (TPSA) is 24.5 Å². The Balaban J connectivity index is 1.47. The van der Waals surface area contributed by atoms with E-state index in [0.717, 1.165) is 24.3 Å². The number of methoxy groups -OCH3 is 1. The second-order valence-corrected chi connectivity index (χ2v) is 5.92. The minimum absolute atomic E-state index is 0.839. The highest BCUT2D eigenvalue weighted by molar-refractivity contribution is 5.28. The predicted molar refractivity (Wildman–Crippen MR) is 77.4 cm³/mol. The molecule has 1 saturated carbocycles. The molecular weight excluding hydrogens is 236 g/mol. The number of hydrogen-bond acceptors (Lipinski definition) is 3. The Kier molecular flexibility index (Phi) is 4.04. The van der Waals surface area contributed by atoms with Crippen molar-refractivity contribution in [2.75, 3.05) is 26.7 Å². The molecule has 0 spiro atoms. The summed E-state index contributed by atoms with van der Waals surface area (Å²) < 4.78 is 5.28. The van der Waals surface area contributed by atoms with Crippen LogP contribution in [0.25, 0.3) is 0 Å². The van der Waals surface area contributed by atoms with Gasteiger partial charge in [-0.2, -0.15) is 0 Å². The lowest BCUT2D eigenvalue weighted by molar-refractivity contribution is 0.313. The molecule has 3 rings (SSSR count). The standard InChI is InChI=1S/C16H24N2O/c1-19-16-4-2-3-13(9-16)11-18-8-7-14(12-18)10-17-15-5-6-15/h2-4,9,14-15,17H,5-8,10-12H2,1H3. The molecule has 1 aromatic carbocycles. The van der Waals surface area contributed by atoms with E-state index >= 15 is 0 Å². The van der Waals surface area contributed by atoms with Gasteiger partial charge in [-0.15, -0.1) is 0 Å². The van der Waals surface area contributed by atoms with Gasteiger partial charge in [0.1, 0.15) is 5.75 Å². The van der Waals surface area contributed by atoms with Crippen LogP contribution in [0.5, 0.6) is 5.75 Å². The molecule has 2 aliphatic rings. The molecule has 0 bridgehead atoms. The van der Waals surface area contributed by atoms with E-state index in [0.29, 0.717) is 0 Å². The number of likely N-dealkylation sites (tertiary alicyclic amines) is 1. The molecule has 1 aliphatic carbocycles. The monoisotopic (exact) mass is 260 g/mol. The van der Waals surface area contributed by atoms with E-state index in [1.807, 2.05) is 6.07 Å². The van der Waals surface area contributed by atoms with Crippen molar-refractivity contribution in [3.8, 4) is 5.75 Å². The number of nitrogens with one attached hydrogen (secondary N) is 1. The van der Waals surface area contributed by atoms with Crippen LogP contribution in [-0.4, -0.2) is 37.7 Å². The Labute approximate surface area is 115 Å². The largest absolute Gasteiger partial charge is 0.497 e. The first-order valence-corrected chi connectivity index (χ1v) is 7.42. The highest BCUT2D eigenvalue weighted by Crippen LogP contribution is 2.23. The highest BCUT2D eigenvalue weighted by Gasteiger charge is 2.26. The smallest absolute Gasteiger partial charge is 0.119 e. The lowest BCUT2D eigenvalue weighted by atomic mass is 10.1. The van der Waals surface area contributed by atoms with E-state index in [1.165, 1.54) is 44.5 Å². The van der Waals surface area contributed by atoms with Crippen LogP contribution in [0.15, 0.2) is 24.3 Å². The normalized spacial score (nSPS) is 23.7. The van der Waals surface area contributed by atoms with Crippen molar-refractivity contribution in [3.63, 3.8) is 0 Å². The summed E-state index contributed by atoms with van der Waals surface area (Å²) in [7, 11) is 1.73. The number of hydrogen-bond donors (Lipinski definition) is 1. The summed E-state index contributed by atoms with van der Waals surface area (Å²) in [5.41, 5.74) is 1.36. The van der Waals surface area contributed by atoms with Gasteiger partial charge in [0.2, 0.25) is 0 Å². The van der Waals surface area contributed by atoms with Gasteiger partial charge in [0.25, 0.3) is 0 Å². The maximum absolute atomic E-state index is 5.28. The fourth-order valence-electron chi connectivity index (χ4n) is 2.87. The minimum atomic E-state index is 0.839. The Hall–Kier alpha value is -1.06. The van der Waals surface area contributed by atoms with E-state index in [2.05, 4.69) is 28.4 Å². The zero-order valence-electron chi connectivity index (χ0n) is 11.8. The van der Waals surface area contributed by atoms with Crippen LogP contribution >= 0.6 is 0 Å². The SMILES string of the molecule is COc1cccc(CN2CCC(CNC3CC3)C2)c1.